The van der Waals surface area contributed by atoms with Gasteiger partial charge < -0.3 is 9.84 Å². The van der Waals surface area contributed by atoms with Gasteiger partial charge in [-0.05, 0) is 69.6 Å². The number of carboxylic acid groups (broad SMARTS) is 1. The Morgan fingerprint density at radius 2 is 1.38 bits per heavy atom. The lowest BCUT2D eigenvalue weighted by atomic mass is 9.69. The summed E-state index contributed by atoms with van der Waals surface area (Å²) < 4.78 is 5.45. The summed E-state index contributed by atoms with van der Waals surface area (Å²) in [6.45, 7) is 2.76. The summed E-state index contributed by atoms with van der Waals surface area (Å²) in [5.74, 6) is 0.724. The fourth-order valence-electron chi connectivity index (χ4n) is 4.48. The lowest BCUT2D eigenvalue weighted by Gasteiger charge is -2.36. The van der Waals surface area contributed by atoms with E-state index in [-0.39, 0.29) is 17.8 Å². The Labute approximate surface area is 146 Å². The van der Waals surface area contributed by atoms with E-state index >= 15 is 0 Å². The maximum atomic E-state index is 12.1. The van der Waals surface area contributed by atoms with Crippen molar-refractivity contribution in [2.45, 2.75) is 84.0 Å². The zero-order valence-electron chi connectivity index (χ0n) is 15.2. The van der Waals surface area contributed by atoms with Crippen LogP contribution in [0, 0.1) is 23.7 Å². The number of unbranched alkanes of at least 4 members (excludes halogenated alkanes) is 3. The summed E-state index contributed by atoms with van der Waals surface area (Å²) in [5.41, 5.74) is 0. The Morgan fingerprint density at radius 3 is 1.88 bits per heavy atom. The number of hydrogen-bond acceptors (Lipinski definition) is 3. The quantitative estimate of drug-likeness (QED) is 0.509. The third-order valence-electron chi connectivity index (χ3n) is 6.14. The van der Waals surface area contributed by atoms with Crippen molar-refractivity contribution >= 4 is 11.9 Å². The number of carboxylic acids is 1. The zero-order valence-corrected chi connectivity index (χ0v) is 15.2. The molecule has 0 spiro atoms. The number of aliphatic carboxylic acids is 1. The molecular weight excluding hydrogens is 304 g/mol. The van der Waals surface area contributed by atoms with Gasteiger partial charge in [0.05, 0.1) is 18.4 Å². The third-order valence-corrected chi connectivity index (χ3v) is 6.14. The van der Waals surface area contributed by atoms with Crippen LogP contribution in [0.2, 0.25) is 0 Å². The van der Waals surface area contributed by atoms with Crippen LogP contribution in [0.1, 0.15) is 84.0 Å². The molecule has 2 fully saturated rings. The van der Waals surface area contributed by atoms with Gasteiger partial charge in [-0.1, -0.05) is 26.2 Å². The molecule has 0 aromatic heterocycles. The van der Waals surface area contributed by atoms with Crippen molar-refractivity contribution in [3.8, 4) is 0 Å². The summed E-state index contributed by atoms with van der Waals surface area (Å²) in [6.07, 6.45) is 12.4. The van der Waals surface area contributed by atoms with Crippen molar-refractivity contribution < 1.29 is 19.4 Å². The average Bonchev–Trinajstić information content (AvgIpc) is 2.61. The molecular formula is C20H34O4. The number of hydrogen-bond donors (Lipinski definition) is 1. The lowest BCUT2D eigenvalue weighted by Crippen LogP contribution is -2.30. The average molecular weight is 338 g/mol. The second-order valence-corrected chi connectivity index (χ2v) is 7.79. The second-order valence-electron chi connectivity index (χ2n) is 7.79. The Bertz CT molecular complexity index is 390. The Kier molecular flexibility index (Phi) is 8.07. The summed E-state index contributed by atoms with van der Waals surface area (Å²) in [4.78, 5) is 23.2. The van der Waals surface area contributed by atoms with E-state index in [2.05, 4.69) is 6.92 Å². The van der Waals surface area contributed by atoms with E-state index < -0.39 is 5.97 Å². The van der Waals surface area contributed by atoms with Crippen molar-refractivity contribution in [1.82, 2.24) is 0 Å². The van der Waals surface area contributed by atoms with Crippen LogP contribution in [-0.2, 0) is 14.3 Å². The highest BCUT2D eigenvalue weighted by Gasteiger charge is 2.34. The van der Waals surface area contributed by atoms with Crippen LogP contribution in [0.15, 0.2) is 0 Å². The first-order valence-corrected chi connectivity index (χ1v) is 10.0. The van der Waals surface area contributed by atoms with Gasteiger partial charge in [0, 0.05) is 0 Å². The minimum Gasteiger partial charge on any atom is -0.481 e. The highest BCUT2D eigenvalue weighted by atomic mass is 16.5. The molecule has 24 heavy (non-hydrogen) atoms. The van der Waals surface area contributed by atoms with E-state index in [4.69, 9.17) is 9.84 Å². The van der Waals surface area contributed by atoms with E-state index in [0.29, 0.717) is 18.4 Å². The summed E-state index contributed by atoms with van der Waals surface area (Å²) in [7, 11) is 0. The van der Waals surface area contributed by atoms with Crippen LogP contribution in [0.4, 0.5) is 0 Å². The van der Waals surface area contributed by atoms with E-state index in [1.807, 2.05) is 0 Å². The molecule has 138 valence electrons. The molecule has 0 unspecified atom stereocenters. The predicted molar refractivity (Wildman–Crippen MR) is 93.6 cm³/mol. The van der Waals surface area contributed by atoms with E-state index in [9.17, 15) is 9.59 Å². The van der Waals surface area contributed by atoms with Gasteiger partial charge in [-0.2, -0.15) is 0 Å². The molecule has 0 bridgehead atoms. The minimum atomic E-state index is -0.626. The van der Waals surface area contributed by atoms with Gasteiger partial charge in [-0.25, -0.2) is 0 Å². The topological polar surface area (TPSA) is 63.6 Å². The molecule has 2 aliphatic rings. The first-order chi connectivity index (χ1) is 11.6. The Morgan fingerprint density at radius 1 is 0.833 bits per heavy atom. The van der Waals surface area contributed by atoms with Gasteiger partial charge in [0.2, 0.25) is 0 Å². The van der Waals surface area contributed by atoms with Gasteiger partial charge in [0.15, 0.2) is 0 Å². The largest absolute Gasteiger partial charge is 0.481 e. The molecule has 4 nitrogen and oxygen atoms in total. The highest BCUT2D eigenvalue weighted by Crippen LogP contribution is 2.41. The normalized spacial score (nSPS) is 30.7. The highest BCUT2D eigenvalue weighted by molar-refractivity contribution is 5.72. The zero-order chi connectivity index (χ0) is 17.4. The number of rotatable bonds is 8. The van der Waals surface area contributed by atoms with Gasteiger partial charge in [0.1, 0.15) is 0 Å². The fraction of sp³-hybridized carbons (Fsp3) is 0.900. The molecule has 0 aromatic carbocycles. The van der Waals surface area contributed by atoms with Crippen LogP contribution >= 0.6 is 0 Å². The maximum Gasteiger partial charge on any atom is 0.308 e. The van der Waals surface area contributed by atoms with Gasteiger partial charge >= 0.3 is 11.9 Å². The number of ether oxygens (including phenoxy) is 1. The minimum absolute atomic E-state index is 0.0135. The van der Waals surface area contributed by atoms with Crippen LogP contribution in [0.5, 0.6) is 0 Å². The number of carbonyl (C=O) groups is 2. The molecule has 0 aromatic rings. The lowest BCUT2D eigenvalue weighted by molar-refractivity contribution is -0.150. The van der Waals surface area contributed by atoms with Crippen LogP contribution in [0.25, 0.3) is 0 Å². The SMILES string of the molecule is CCCCCCOC(=O)C1CCC(C2CCC(C(=O)O)CC2)CC1. The Balaban J connectivity index is 1.62. The van der Waals surface area contributed by atoms with Gasteiger partial charge in [0.25, 0.3) is 0 Å². The summed E-state index contributed by atoms with van der Waals surface area (Å²) in [6, 6.07) is 0. The maximum absolute atomic E-state index is 12.1. The molecule has 2 rings (SSSR count). The molecule has 4 heteroatoms. The molecule has 1 N–H and O–H groups in total. The van der Waals surface area contributed by atoms with E-state index in [0.717, 1.165) is 64.2 Å². The van der Waals surface area contributed by atoms with Crippen LogP contribution < -0.4 is 0 Å². The van der Waals surface area contributed by atoms with Crippen molar-refractivity contribution in [2.24, 2.45) is 23.7 Å². The van der Waals surface area contributed by atoms with Crippen molar-refractivity contribution in [2.75, 3.05) is 6.61 Å². The van der Waals surface area contributed by atoms with Gasteiger partial charge in [-0.15, -0.1) is 0 Å². The molecule has 2 aliphatic carbocycles. The fourth-order valence-corrected chi connectivity index (χ4v) is 4.48. The van der Waals surface area contributed by atoms with Crippen molar-refractivity contribution in [3.63, 3.8) is 0 Å². The van der Waals surface area contributed by atoms with E-state index in [1.54, 1.807) is 0 Å². The first-order valence-electron chi connectivity index (χ1n) is 10.0. The third kappa shape index (κ3) is 5.78. The molecule has 2 saturated carbocycles. The molecule has 0 saturated heterocycles. The summed E-state index contributed by atoms with van der Waals surface area (Å²) in [5, 5.41) is 9.10. The molecule has 0 radical (unpaired) electrons. The second kappa shape index (κ2) is 10.0. The monoisotopic (exact) mass is 338 g/mol. The number of carbonyl (C=O) groups excluding carboxylic acids is 1. The Hall–Kier alpha value is -1.06. The van der Waals surface area contributed by atoms with Crippen LogP contribution in [-0.4, -0.2) is 23.7 Å². The number of esters is 1. The molecule has 0 aliphatic heterocycles. The van der Waals surface area contributed by atoms with Crippen molar-refractivity contribution in [1.29, 1.82) is 0 Å². The van der Waals surface area contributed by atoms with Gasteiger partial charge in [-0.3, -0.25) is 9.59 Å². The molecule has 0 amide bonds. The predicted octanol–water partition coefficient (Wildman–Crippen LogP) is 4.81. The molecule has 0 heterocycles. The van der Waals surface area contributed by atoms with E-state index in [1.165, 1.54) is 12.8 Å². The van der Waals surface area contributed by atoms with Crippen molar-refractivity contribution in [3.05, 3.63) is 0 Å². The first kappa shape index (κ1) is 19.3. The summed E-state index contributed by atoms with van der Waals surface area (Å²) >= 11 is 0. The van der Waals surface area contributed by atoms with Crippen LogP contribution in [0.3, 0.4) is 0 Å². The molecule has 0 atom stereocenters. The standard InChI is InChI=1S/C20H34O4/c1-2-3-4-5-14-24-20(23)18-12-8-16(9-13-18)15-6-10-17(11-7-15)19(21)22/h15-18H,2-14H2,1H3,(H,21,22). The smallest absolute Gasteiger partial charge is 0.308 e.